The monoisotopic (exact) mass is 283 g/mol. The number of para-hydroxylation sites is 2. The van der Waals surface area contributed by atoms with Gasteiger partial charge in [0.2, 0.25) is 0 Å². The predicted molar refractivity (Wildman–Crippen MR) is 85.4 cm³/mol. The summed E-state index contributed by atoms with van der Waals surface area (Å²) in [5.41, 5.74) is 7.96. The second-order valence-electron chi connectivity index (χ2n) is 6.21. The Morgan fingerprint density at radius 3 is 2.57 bits per heavy atom. The highest BCUT2D eigenvalue weighted by Gasteiger charge is 2.35. The van der Waals surface area contributed by atoms with Crippen LogP contribution in [0.25, 0.3) is 11.0 Å². The molecule has 2 saturated heterocycles. The van der Waals surface area contributed by atoms with Gasteiger partial charge in [-0.15, -0.1) is 0 Å². The molecule has 4 rings (SSSR count). The summed E-state index contributed by atoms with van der Waals surface area (Å²) < 4.78 is 0. The van der Waals surface area contributed by atoms with E-state index in [4.69, 9.17) is 10.7 Å². The van der Waals surface area contributed by atoms with Crippen molar-refractivity contribution in [1.82, 2.24) is 14.9 Å². The molecule has 2 N–H and O–H groups in total. The summed E-state index contributed by atoms with van der Waals surface area (Å²) in [4.78, 5) is 14.2. The van der Waals surface area contributed by atoms with Crippen LogP contribution in [0, 0.1) is 0 Å². The van der Waals surface area contributed by atoms with Gasteiger partial charge in [-0.05, 0) is 38.4 Å². The second-order valence-corrected chi connectivity index (χ2v) is 6.21. The lowest BCUT2D eigenvalue weighted by Crippen LogP contribution is -2.37. The predicted octanol–water partition coefficient (Wildman–Crippen LogP) is 1.88. The molecule has 2 unspecified atom stereocenters. The molecule has 5 nitrogen and oxygen atoms in total. The lowest BCUT2D eigenvalue weighted by atomic mass is 10.1. The highest BCUT2D eigenvalue weighted by atomic mass is 15.3. The third kappa shape index (κ3) is 2.12. The molecule has 2 aliphatic rings. The Bertz CT molecular complexity index is 671. The number of nitrogens with two attached hydrogens (primary N) is 1. The summed E-state index contributed by atoms with van der Waals surface area (Å²) in [7, 11) is 2.25. The van der Waals surface area contributed by atoms with E-state index in [1.54, 1.807) is 0 Å². The Morgan fingerprint density at radius 1 is 1.05 bits per heavy atom. The molecule has 3 heterocycles. The summed E-state index contributed by atoms with van der Waals surface area (Å²) in [5.74, 6) is 1.41. The molecular weight excluding hydrogens is 262 g/mol. The maximum absolute atomic E-state index is 6.17. The van der Waals surface area contributed by atoms with Crippen molar-refractivity contribution in [1.29, 1.82) is 0 Å². The molecule has 0 aliphatic carbocycles. The average Bonchev–Trinajstić information content (AvgIpc) is 2.72. The lowest BCUT2D eigenvalue weighted by molar-refractivity contribution is 0.254. The average molecular weight is 283 g/mol. The lowest BCUT2D eigenvalue weighted by Gasteiger charge is -2.27. The van der Waals surface area contributed by atoms with Crippen molar-refractivity contribution < 1.29 is 0 Å². The third-order valence-corrected chi connectivity index (χ3v) is 5.03. The van der Waals surface area contributed by atoms with Gasteiger partial charge in [-0.25, -0.2) is 9.97 Å². The van der Waals surface area contributed by atoms with Crippen molar-refractivity contribution in [3.05, 3.63) is 24.3 Å². The highest BCUT2D eigenvalue weighted by molar-refractivity contribution is 5.79. The molecule has 0 spiro atoms. The number of benzene rings is 1. The van der Waals surface area contributed by atoms with E-state index in [0.717, 1.165) is 36.0 Å². The second kappa shape index (κ2) is 4.84. The van der Waals surface area contributed by atoms with Crippen molar-refractivity contribution >= 4 is 22.7 Å². The van der Waals surface area contributed by atoms with E-state index in [0.29, 0.717) is 11.9 Å². The molecule has 1 aromatic heterocycles. The van der Waals surface area contributed by atoms with Crippen LogP contribution in [0.1, 0.15) is 19.3 Å². The van der Waals surface area contributed by atoms with Gasteiger partial charge in [-0.2, -0.15) is 0 Å². The third-order valence-electron chi connectivity index (χ3n) is 5.03. The van der Waals surface area contributed by atoms with E-state index < -0.39 is 0 Å². The summed E-state index contributed by atoms with van der Waals surface area (Å²) in [5, 5.41) is 0. The van der Waals surface area contributed by atoms with Gasteiger partial charge < -0.3 is 10.6 Å². The first kappa shape index (κ1) is 12.8. The number of aromatic nitrogens is 2. The van der Waals surface area contributed by atoms with Crippen LogP contribution in [-0.4, -0.2) is 47.1 Å². The van der Waals surface area contributed by atoms with Crippen molar-refractivity contribution in [2.24, 2.45) is 0 Å². The molecular formula is C16H21N5. The van der Waals surface area contributed by atoms with Gasteiger partial charge in [0.15, 0.2) is 11.6 Å². The van der Waals surface area contributed by atoms with E-state index >= 15 is 0 Å². The molecule has 0 saturated carbocycles. The van der Waals surface area contributed by atoms with Gasteiger partial charge in [-0.1, -0.05) is 12.1 Å². The van der Waals surface area contributed by atoms with Crippen molar-refractivity contribution in [3.8, 4) is 0 Å². The summed E-state index contributed by atoms with van der Waals surface area (Å²) in [6, 6.07) is 9.26. The number of nitrogens with zero attached hydrogens (tertiary/aromatic N) is 4. The number of hydrogen-bond acceptors (Lipinski definition) is 5. The van der Waals surface area contributed by atoms with E-state index in [1.807, 2.05) is 24.3 Å². The minimum Gasteiger partial charge on any atom is -0.381 e. The van der Waals surface area contributed by atoms with E-state index in [2.05, 4.69) is 21.8 Å². The Morgan fingerprint density at radius 2 is 1.76 bits per heavy atom. The molecule has 5 heteroatoms. The minimum atomic E-state index is 0.550. The Hall–Kier alpha value is -1.88. The number of nitrogen functional groups attached to an aromatic ring is 1. The summed E-state index contributed by atoms with van der Waals surface area (Å²) in [6.45, 7) is 2.02. The van der Waals surface area contributed by atoms with Gasteiger partial charge in [0.05, 0.1) is 11.0 Å². The fourth-order valence-corrected chi connectivity index (χ4v) is 3.74. The number of rotatable bonds is 1. The zero-order valence-electron chi connectivity index (χ0n) is 12.4. The van der Waals surface area contributed by atoms with Crippen LogP contribution in [0.2, 0.25) is 0 Å². The number of likely N-dealkylation sites (N-methyl/N-ethyl adjacent to an activating group) is 1. The fraction of sp³-hybridized carbons (Fsp3) is 0.500. The largest absolute Gasteiger partial charge is 0.381 e. The molecule has 2 atom stereocenters. The maximum atomic E-state index is 6.17. The molecule has 0 amide bonds. The van der Waals surface area contributed by atoms with E-state index in [9.17, 15) is 0 Å². The smallest absolute Gasteiger partial charge is 0.172 e. The Kier molecular flexibility index (Phi) is 2.96. The van der Waals surface area contributed by atoms with Crippen LogP contribution in [0.5, 0.6) is 0 Å². The van der Waals surface area contributed by atoms with Crippen LogP contribution in [0.3, 0.4) is 0 Å². The van der Waals surface area contributed by atoms with E-state index in [1.165, 1.54) is 19.3 Å². The Labute approximate surface area is 124 Å². The molecule has 2 fully saturated rings. The van der Waals surface area contributed by atoms with Crippen LogP contribution >= 0.6 is 0 Å². The van der Waals surface area contributed by atoms with Crippen molar-refractivity contribution in [2.45, 2.75) is 31.3 Å². The molecule has 2 aromatic rings. The first-order chi connectivity index (χ1) is 10.2. The van der Waals surface area contributed by atoms with Crippen LogP contribution in [0.4, 0.5) is 11.6 Å². The van der Waals surface area contributed by atoms with Gasteiger partial charge in [-0.3, -0.25) is 4.90 Å². The maximum Gasteiger partial charge on any atom is 0.172 e. The highest BCUT2D eigenvalue weighted by Crippen LogP contribution is 2.32. The van der Waals surface area contributed by atoms with Gasteiger partial charge in [0.1, 0.15) is 0 Å². The molecule has 2 aliphatic heterocycles. The minimum absolute atomic E-state index is 0.550. The molecule has 0 radical (unpaired) electrons. The zero-order valence-corrected chi connectivity index (χ0v) is 12.4. The quantitative estimate of drug-likeness (QED) is 0.866. The molecule has 110 valence electrons. The topological polar surface area (TPSA) is 58.3 Å². The van der Waals surface area contributed by atoms with Crippen LogP contribution in [-0.2, 0) is 0 Å². The van der Waals surface area contributed by atoms with E-state index in [-0.39, 0.29) is 0 Å². The van der Waals surface area contributed by atoms with Crippen molar-refractivity contribution in [3.63, 3.8) is 0 Å². The SMILES string of the molecule is CN1C2CCC1CN(c1nc3ccccc3nc1N)CC2. The summed E-state index contributed by atoms with van der Waals surface area (Å²) >= 11 is 0. The van der Waals surface area contributed by atoms with Gasteiger partial charge >= 0.3 is 0 Å². The van der Waals surface area contributed by atoms with Crippen molar-refractivity contribution in [2.75, 3.05) is 30.8 Å². The van der Waals surface area contributed by atoms with Crippen LogP contribution in [0.15, 0.2) is 24.3 Å². The van der Waals surface area contributed by atoms with Gasteiger partial charge in [0, 0.05) is 25.2 Å². The molecule has 21 heavy (non-hydrogen) atoms. The number of anilines is 2. The molecule has 1 aromatic carbocycles. The fourth-order valence-electron chi connectivity index (χ4n) is 3.74. The summed E-state index contributed by atoms with van der Waals surface area (Å²) in [6.07, 6.45) is 3.79. The standard InChI is InChI=1S/C16H21N5/c1-20-11-6-7-12(20)10-21(9-8-11)16-15(17)18-13-4-2-3-5-14(13)19-16/h2-5,11-12H,6-10H2,1H3,(H2,17,18). The van der Waals surface area contributed by atoms with Gasteiger partial charge in [0.25, 0.3) is 0 Å². The first-order valence-electron chi connectivity index (χ1n) is 7.71. The Balaban J connectivity index is 1.71. The van der Waals surface area contributed by atoms with Crippen LogP contribution < -0.4 is 10.6 Å². The first-order valence-corrected chi connectivity index (χ1v) is 7.71. The number of fused-ring (bicyclic) bond motifs is 3. The molecule has 2 bridgehead atoms. The normalized spacial score (nSPS) is 26.2. The zero-order chi connectivity index (χ0) is 14.4. The number of hydrogen-bond donors (Lipinski definition) is 1.